The maximum absolute atomic E-state index is 8.84. The van der Waals surface area contributed by atoms with Gasteiger partial charge in [-0.1, -0.05) is 31.9 Å². The molecular formula is C12H16ClN3. The van der Waals surface area contributed by atoms with Crippen LogP contribution >= 0.6 is 11.6 Å². The molecule has 1 N–H and O–H groups in total. The Hall–Kier alpha value is -1.27. The van der Waals surface area contributed by atoms with Gasteiger partial charge in [-0.15, -0.1) is 0 Å². The maximum Gasteiger partial charge on any atom is 0.146 e. The summed E-state index contributed by atoms with van der Waals surface area (Å²) in [6.07, 6.45) is 2.68. The lowest BCUT2D eigenvalue weighted by Gasteiger charge is -2.21. The van der Waals surface area contributed by atoms with Crippen molar-refractivity contribution in [2.75, 3.05) is 5.32 Å². The van der Waals surface area contributed by atoms with Gasteiger partial charge in [0.1, 0.15) is 16.9 Å². The molecule has 16 heavy (non-hydrogen) atoms. The summed E-state index contributed by atoms with van der Waals surface area (Å²) in [6.45, 7) is 6.40. The fourth-order valence-electron chi connectivity index (χ4n) is 1.34. The van der Waals surface area contributed by atoms with Gasteiger partial charge < -0.3 is 5.32 Å². The Morgan fingerprint density at radius 2 is 2.25 bits per heavy atom. The molecule has 0 saturated heterocycles. The summed E-state index contributed by atoms with van der Waals surface area (Å²) in [6, 6.07) is 3.93. The molecule has 2 unspecified atom stereocenters. The number of hydrogen-bond acceptors (Lipinski definition) is 3. The summed E-state index contributed by atoms with van der Waals surface area (Å²) < 4.78 is 0. The Labute approximate surface area is 101 Å². The third-order valence-electron chi connectivity index (χ3n) is 2.87. The highest BCUT2D eigenvalue weighted by atomic mass is 35.5. The smallest absolute Gasteiger partial charge is 0.146 e. The van der Waals surface area contributed by atoms with E-state index in [2.05, 4.69) is 31.1 Å². The van der Waals surface area contributed by atoms with Crippen LogP contribution in [0.25, 0.3) is 0 Å². The van der Waals surface area contributed by atoms with Crippen LogP contribution in [-0.2, 0) is 0 Å². The van der Waals surface area contributed by atoms with Crippen molar-refractivity contribution >= 4 is 17.4 Å². The molecule has 4 heteroatoms. The van der Waals surface area contributed by atoms with E-state index in [1.165, 1.54) is 0 Å². The van der Waals surface area contributed by atoms with Crippen molar-refractivity contribution in [3.63, 3.8) is 0 Å². The van der Waals surface area contributed by atoms with Crippen LogP contribution in [0.3, 0.4) is 0 Å². The van der Waals surface area contributed by atoms with Crippen LogP contribution in [0, 0.1) is 17.2 Å². The van der Waals surface area contributed by atoms with Gasteiger partial charge >= 0.3 is 0 Å². The zero-order valence-corrected chi connectivity index (χ0v) is 10.5. The van der Waals surface area contributed by atoms with Crippen LogP contribution in [0.4, 0.5) is 5.82 Å². The quantitative estimate of drug-likeness (QED) is 0.873. The van der Waals surface area contributed by atoms with Crippen LogP contribution in [0.15, 0.2) is 12.3 Å². The van der Waals surface area contributed by atoms with Crippen molar-refractivity contribution in [3.8, 4) is 6.07 Å². The highest BCUT2D eigenvalue weighted by Gasteiger charge is 2.13. The van der Waals surface area contributed by atoms with Crippen molar-refractivity contribution in [2.45, 2.75) is 33.2 Å². The molecule has 0 bridgehead atoms. The van der Waals surface area contributed by atoms with E-state index < -0.39 is 0 Å². The first-order chi connectivity index (χ1) is 7.60. The molecule has 1 aromatic rings. The van der Waals surface area contributed by atoms with E-state index >= 15 is 0 Å². The third-order valence-corrected chi connectivity index (χ3v) is 3.25. The van der Waals surface area contributed by atoms with Gasteiger partial charge in [0.15, 0.2) is 0 Å². The van der Waals surface area contributed by atoms with Gasteiger partial charge in [0, 0.05) is 12.2 Å². The molecule has 1 heterocycles. The first-order valence-electron chi connectivity index (χ1n) is 5.41. The van der Waals surface area contributed by atoms with E-state index in [0.29, 0.717) is 22.3 Å². The molecule has 0 spiro atoms. The van der Waals surface area contributed by atoms with E-state index in [4.69, 9.17) is 16.9 Å². The summed E-state index contributed by atoms with van der Waals surface area (Å²) in [4.78, 5) is 4.15. The molecule has 0 saturated carbocycles. The second-order valence-electron chi connectivity index (χ2n) is 3.95. The van der Waals surface area contributed by atoms with Crippen LogP contribution in [0.5, 0.6) is 0 Å². The highest BCUT2D eigenvalue weighted by molar-refractivity contribution is 6.34. The SMILES string of the molecule is CCC(C)C(C)Nc1nccc(C#N)c1Cl. The van der Waals surface area contributed by atoms with Gasteiger partial charge in [-0.3, -0.25) is 0 Å². The fraction of sp³-hybridized carbons (Fsp3) is 0.500. The molecule has 0 fully saturated rings. The number of nitrogens with zero attached hydrogens (tertiary/aromatic N) is 2. The van der Waals surface area contributed by atoms with Gasteiger partial charge in [0.05, 0.1) is 5.56 Å². The minimum absolute atomic E-state index is 0.281. The molecule has 0 aliphatic heterocycles. The van der Waals surface area contributed by atoms with Gasteiger partial charge in [0.2, 0.25) is 0 Å². The normalized spacial score (nSPS) is 13.9. The van der Waals surface area contributed by atoms with Gasteiger partial charge in [-0.25, -0.2) is 4.98 Å². The number of pyridine rings is 1. The van der Waals surface area contributed by atoms with E-state index in [9.17, 15) is 0 Å². The van der Waals surface area contributed by atoms with Crippen molar-refractivity contribution in [1.82, 2.24) is 4.98 Å². The second-order valence-corrected chi connectivity index (χ2v) is 4.33. The predicted octanol–water partition coefficient (Wildman–Crippen LogP) is 3.45. The molecule has 2 atom stereocenters. The summed E-state index contributed by atoms with van der Waals surface area (Å²) in [5.74, 6) is 1.12. The van der Waals surface area contributed by atoms with Crippen LogP contribution in [-0.4, -0.2) is 11.0 Å². The number of halogens is 1. The lowest BCUT2D eigenvalue weighted by atomic mass is 10.0. The molecule has 0 radical (unpaired) electrons. The second kappa shape index (κ2) is 5.72. The Bertz CT molecular complexity index is 398. The summed E-state index contributed by atoms with van der Waals surface area (Å²) >= 11 is 6.05. The molecule has 0 amide bonds. The third kappa shape index (κ3) is 2.86. The number of aromatic nitrogens is 1. The van der Waals surface area contributed by atoms with Crippen LogP contribution < -0.4 is 5.32 Å². The number of nitrogens with one attached hydrogen (secondary N) is 1. The van der Waals surface area contributed by atoms with E-state index in [-0.39, 0.29) is 6.04 Å². The van der Waals surface area contributed by atoms with Gasteiger partial charge in [0.25, 0.3) is 0 Å². The van der Waals surface area contributed by atoms with Crippen LogP contribution in [0.1, 0.15) is 32.8 Å². The largest absolute Gasteiger partial charge is 0.366 e. The minimum Gasteiger partial charge on any atom is -0.366 e. The van der Waals surface area contributed by atoms with Crippen molar-refractivity contribution in [2.24, 2.45) is 5.92 Å². The first kappa shape index (κ1) is 12.8. The topological polar surface area (TPSA) is 48.7 Å². The van der Waals surface area contributed by atoms with Crippen LogP contribution in [0.2, 0.25) is 5.02 Å². The average molecular weight is 238 g/mol. The summed E-state index contributed by atoms with van der Waals surface area (Å²) in [5, 5.41) is 12.5. The molecule has 1 rings (SSSR count). The molecule has 86 valence electrons. The average Bonchev–Trinajstić information content (AvgIpc) is 2.30. The zero-order chi connectivity index (χ0) is 12.1. The molecule has 3 nitrogen and oxygen atoms in total. The predicted molar refractivity (Wildman–Crippen MR) is 66.5 cm³/mol. The molecular weight excluding hydrogens is 222 g/mol. The summed E-state index contributed by atoms with van der Waals surface area (Å²) in [7, 11) is 0. The Kier molecular flexibility index (Phi) is 4.57. The molecule has 0 aromatic carbocycles. The van der Waals surface area contributed by atoms with Crippen molar-refractivity contribution < 1.29 is 0 Å². The van der Waals surface area contributed by atoms with E-state index in [1.54, 1.807) is 12.3 Å². The van der Waals surface area contributed by atoms with E-state index in [0.717, 1.165) is 6.42 Å². The standard InChI is InChI=1S/C12H16ClN3/c1-4-8(2)9(3)16-12-11(13)10(7-14)5-6-15-12/h5-6,8-9H,4H2,1-3H3,(H,15,16). The zero-order valence-electron chi connectivity index (χ0n) is 9.79. The number of rotatable bonds is 4. The lowest BCUT2D eigenvalue weighted by Crippen LogP contribution is -2.24. The maximum atomic E-state index is 8.84. The number of anilines is 1. The van der Waals surface area contributed by atoms with E-state index in [1.807, 2.05) is 6.07 Å². The molecule has 0 aliphatic carbocycles. The highest BCUT2D eigenvalue weighted by Crippen LogP contribution is 2.24. The number of nitriles is 1. The fourth-order valence-corrected chi connectivity index (χ4v) is 1.55. The Morgan fingerprint density at radius 3 is 2.81 bits per heavy atom. The molecule has 1 aromatic heterocycles. The monoisotopic (exact) mass is 237 g/mol. The first-order valence-corrected chi connectivity index (χ1v) is 5.79. The van der Waals surface area contributed by atoms with Gasteiger partial charge in [-0.2, -0.15) is 5.26 Å². The Balaban J connectivity index is 2.86. The lowest BCUT2D eigenvalue weighted by molar-refractivity contribution is 0.493. The minimum atomic E-state index is 0.281. The molecule has 0 aliphatic rings. The Morgan fingerprint density at radius 1 is 1.56 bits per heavy atom. The van der Waals surface area contributed by atoms with Gasteiger partial charge in [-0.05, 0) is 18.9 Å². The van der Waals surface area contributed by atoms with Crippen molar-refractivity contribution in [3.05, 3.63) is 22.8 Å². The number of hydrogen-bond donors (Lipinski definition) is 1. The van der Waals surface area contributed by atoms with Crippen molar-refractivity contribution in [1.29, 1.82) is 5.26 Å². The summed E-state index contributed by atoms with van der Waals surface area (Å²) in [5.41, 5.74) is 0.454.